The largest absolute Gasteiger partial charge is 1.00 e. The fourth-order valence-corrected chi connectivity index (χ4v) is 0.559. The van der Waals surface area contributed by atoms with Crippen molar-refractivity contribution in [2.45, 2.75) is 26.7 Å². The summed E-state index contributed by atoms with van der Waals surface area (Å²) in [5.41, 5.74) is 0. The summed E-state index contributed by atoms with van der Waals surface area (Å²) >= 11 is 0. The van der Waals surface area contributed by atoms with Crippen LogP contribution >= 0.6 is 0 Å². The molecule has 0 atom stereocenters. The van der Waals surface area contributed by atoms with Gasteiger partial charge in [-0.05, 0) is 0 Å². The molecule has 1 heterocycles. The van der Waals surface area contributed by atoms with Crippen molar-refractivity contribution in [3.05, 3.63) is 5.32 Å². The quantitative estimate of drug-likeness (QED) is 0.390. The molecule has 1 fully saturated rings. The molecule has 0 aromatic heterocycles. The first-order valence-corrected chi connectivity index (χ1v) is 3.13. The Balaban J connectivity index is 0. The standard InChI is InChI=1S/C4H8N.C2H6.K/c1-2-4-5-3-1;1-2;/h1-4H2;1-2H3;/q-1;;+1. The summed E-state index contributed by atoms with van der Waals surface area (Å²) < 4.78 is 0. The first-order chi connectivity index (χ1) is 3.50. The Kier molecular flexibility index (Phi) is 17.5. The maximum Gasteiger partial charge on any atom is 1.00 e. The SMILES string of the molecule is C1CC[N-]C1.CC.[K+]. The first-order valence-electron chi connectivity index (χ1n) is 3.13. The van der Waals surface area contributed by atoms with Gasteiger partial charge in [0.15, 0.2) is 0 Å². The molecular formula is C6H14KN. The van der Waals surface area contributed by atoms with E-state index in [1.165, 1.54) is 12.8 Å². The first kappa shape index (κ1) is 12.3. The van der Waals surface area contributed by atoms with Crippen LogP contribution < -0.4 is 51.4 Å². The van der Waals surface area contributed by atoms with Gasteiger partial charge in [-0.25, -0.2) is 0 Å². The topological polar surface area (TPSA) is 14.1 Å². The summed E-state index contributed by atoms with van der Waals surface area (Å²) in [6.07, 6.45) is 2.67. The van der Waals surface area contributed by atoms with E-state index in [9.17, 15) is 0 Å². The molecule has 0 aliphatic carbocycles. The van der Waals surface area contributed by atoms with Crippen LogP contribution in [0.3, 0.4) is 0 Å². The smallest absolute Gasteiger partial charge is 0.662 e. The van der Waals surface area contributed by atoms with Crippen molar-refractivity contribution < 1.29 is 51.4 Å². The predicted molar refractivity (Wildman–Crippen MR) is 33.7 cm³/mol. The van der Waals surface area contributed by atoms with Crippen molar-refractivity contribution in [2.24, 2.45) is 0 Å². The van der Waals surface area contributed by atoms with E-state index < -0.39 is 0 Å². The van der Waals surface area contributed by atoms with Gasteiger partial charge in [-0.2, -0.15) is 0 Å². The second-order valence-corrected chi connectivity index (χ2v) is 1.38. The third kappa shape index (κ3) is 7.60. The van der Waals surface area contributed by atoms with Crippen LogP contribution in [0.1, 0.15) is 26.7 Å². The van der Waals surface area contributed by atoms with Gasteiger partial charge in [0.25, 0.3) is 0 Å². The fourth-order valence-electron chi connectivity index (χ4n) is 0.559. The van der Waals surface area contributed by atoms with E-state index in [0.29, 0.717) is 0 Å². The van der Waals surface area contributed by atoms with E-state index in [4.69, 9.17) is 0 Å². The second kappa shape index (κ2) is 11.4. The van der Waals surface area contributed by atoms with Crippen LogP contribution in [0.4, 0.5) is 0 Å². The van der Waals surface area contributed by atoms with Gasteiger partial charge in [-0.1, -0.05) is 26.7 Å². The number of hydrogen-bond acceptors (Lipinski definition) is 0. The molecule has 0 N–H and O–H groups in total. The Labute approximate surface area is 95.0 Å². The minimum absolute atomic E-state index is 0. The van der Waals surface area contributed by atoms with Crippen LogP contribution in [-0.2, 0) is 0 Å². The van der Waals surface area contributed by atoms with Crippen molar-refractivity contribution >= 4 is 0 Å². The molecule has 1 aliphatic rings. The summed E-state index contributed by atoms with van der Waals surface area (Å²) in [6, 6.07) is 0. The molecule has 0 radical (unpaired) electrons. The van der Waals surface area contributed by atoms with Crippen LogP contribution in [-0.4, -0.2) is 13.1 Å². The van der Waals surface area contributed by atoms with Crippen LogP contribution in [0.2, 0.25) is 0 Å². The molecule has 0 spiro atoms. The van der Waals surface area contributed by atoms with Gasteiger partial charge < -0.3 is 5.32 Å². The maximum absolute atomic E-state index is 4.08. The predicted octanol–water partition coefficient (Wildman–Crippen LogP) is -0.816. The van der Waals surface area contributed by atoms with E-state index >= 15 is 0 Å². The molecule has 0 amide bonds. The summed E-state index contributed by atoms with van der Waals surface area (Å²) in [4.78, 5) is 0. The van der Waals surface area contributed by atoms with Crippen molar-refractivity contribution in [1.82, 2.24) is 0 Å². The van der Waals surface area contributed by atoms with Gasteiger partial charge in [0.2, 0.25) is 0 Å². The zero-order chi connectivity index (χ0) is 5.54. The molecule has 1 saturated heterocycles. The molecule has 1 aliphatic heterocycles. The molecule has 0 bridgehead atoms. The molecular weight excluding hydrogens is 125 g/mol. The fraction of sp³-hybridized carbons (Fsp3) is 1.00. The van der Waals surface area contributed by atoms with Gasteiger partial charge in [0.05, 0.1) is 0 Å². The third-order valence-electron chi connectivity index (χ3n) is 0.882. The molecule has 0 aromatic carbocycles. The van der Waals surface area contributed by atoms with Crippen LogP contribution in [0, 0.1) is 0 Å². The van der Waals surface area contributed by atoms with E-state index in [-0.39, 0.29) is 51.4 Å². The Hall–Kier alpha value is 1.60. The zero-order valence-electron chi connectivity index (χ0n) is 6.28. The summed E-state index contributed by atoms with van der Waals surface area (Å²) in [6.45, 7) is 6.25. The number of hydrogen-bond donors (Lipinski definition) is 0. The molecule has 0 saturated carbocycles. The average molecular weight is 139 g/mol. The van der Waals surface area contributed by atoms with E-state index in [2.05, 4.69) is 5.32 Å². The van der Waals surface area contributed by atoms with Crippen molar-refractivity contribution in [2.75, 3.05) is 13.1 Å². The minimum atomic E-state index is 0. The molecule has 0 unspecified atom stereocenters. The molecule has 44 valence electrons. The van der Waals surface area contributed by atoms with E-state index in [0.717, 1.165) is 13.1 Å². The Morgan fingerprint density at radius 3 is 1.50 bits per heavy atom. The molecule has 0 aromatic rings. The monoisotopic (exact) mass is 139 g/mol. The van der Waals surface area contributed by atoms with Gasteiger partial charge in [-0.15, -0.1) is 13.1 Å². The minimum Gasteiger partial charge on any atom is -0.662 e. The Morgan fingerprint density at radius 1 is 1.00 bits per heavy atom. The Morgan fingerprint density at radius 2 is 1.38 bits per heavy atom. The summed E-state index contributed by atoms with van der Waals surface area (Å²) in [5.74, 6) is 0. The number of rotatable bonds is 0. The summed E-state index contributed by atoms with van der Waals surface area (Å²) in [7, 11) is 0. The van der Waals surface area contributed by atoms with Crippen LogP contribution in [0.25, 0.3) is 5.32 Å². The van der Waals surface area contributed by atoms with Crippen molar-refractivity contribution in [3.63, 3.8) is 0 Å². The summed E-state index contributed by atoms with van der Waals surface area (Å²) in [5, 5.41) is 4.08. The van der Waals surface area contributed by atoms with Crippen LogP contribution in [0.5, 0.6) is 0 Å². The van der Waals surface area contributed by atoms with Gasteiger partial charge >= 0.3 is 51.4 Å². The molecule has 2 heteroatoms. The second-order valence-electron chi connectivity index (χ2n) is 1.38. The van der Waals surface area contributed by atoms with Gasteiger partial charge in [0.1, 0.15) is 0 Å². The van der Waals surface area contributed by atoms with Gasteiger partial charge in [-0.3, -0.25) is 0 Å². The molecule has 8 heavy (non-hydrogen) atoms. The van der Waals surface area contributed by atoms with Crippen molar-refractivity contribution in [1.29, 1.82) is 0 Å². The van der Waals surface area contributed by atoms with Gasteiger partial charge in [0, 0.05) is 0 Å². The average Bonchev–Trinajstić information content (AvgIpc) is 2.23. The maximum atomic E-state index is 4.08. The third-order valence-corrected chi connectivity index (χ3v) is 0.882. The zero-order valence-corrected chi connectivity index (χ0v) is 9.40. The number of nitrogens with zero attached hydrogens (tertiary/aromatic N) is 1. The molecule has 1 nitrogen and oxygen atoms in total. The van der Waals surface area contributed by atoms with Crippen molar-refractivity contribution in [3.8, 4) is 0 Å². The normalized spacial score (nSPS) is 15.8. The van der Waals surface area contributed by atoms with Crippen LogP contribution in [0.15, 0.2) is 0 Å². The Bertz CT molecular complexity index is 20.1. The van der Waals surface area contributed by atoms with E-state index in [1.54, 1.807) is 0 Å². The van der Waals surface area contributed by atoms with E-state index in [1.807, 2.05) is 13.8 Å². The molecule has 1 rings (SSSR count).